The Balaban J connectivity index is 2.10. The van der Waals surface area contributed by atoms with Gasteiger partial charge >= 0.3 is 0 Å². The fraction of sp³-hybridized carbons (Fsp3) is 0.200. The van der Waals surface area contributed by atoms with Gasteiger partial charge in [0, 0.05) is 32.9 Å². The molecule has 0 unspecified atom stereocenters. The third kappa shape index (κ3) is 4.56. The number of benzene rings is 2. The minimum atomic E-state index is -0.389. The lowest BCUT2D eigenvalue weighted by Crippen LogP contribution is -2.11. The summed E-state index contributed by atoms with van der Waals surface area (Å²) in [4.78, 5) is 12.3. The predicted molar refractivity (Wildman–Crippen MR) is 88.7 cm³/mol. The fourth-order valence-corrected chi connectivity index (χ4v) is 3.26. The summed E-state index contributed by atoms with van der Waals surface area (Å²) >= 11 is 5.15. The van der Waals surface area contributed by atoms with E-state index in [1.165, 1.54) is 17.7 Å². The number of halogens is 1. The number of nitrogens with one attached hydrogen (secondary N) is 1. The smallest absolute Gasteiger partial charge is 0.269 e. The van der Waals surface area contributed by atoms with Gasteiger partial charge < -0.3 is 5.32 Å². The highest BCUT2D eigenvalue weighted by atomic mass is 79.9. The molecule has 0 aliphatic heterocycles. The molecule has 0 atom stereocenters. The molecule has 0 spiro atoms. The van der Waals surface area contributed by atoms with Crippen molar-refractivity contribution >= 4 is 33.4 Å². The second-order valence-electron chi connectivity index (χ2n) is 4.40. The zero-order valence-electron chi connectivity index (χ0n) is 11.5. The lowest BCUT2D eigenvalue weighted by molar-refractivity contribution is -0.384. The van der Waals surface area contributed by atoms with Crippen LogP contribution in [0.15, 0.2) is 56.7 Å². The maximum Gasteiger partial charge on any atom is 0.269 e. The van der Waals surface area contributed by atoms with Gasteiger partial charge in [0.1, 0.15) is 0 Å². The van der Waals surface area contributed by atoms with E-state index < -0.39 is 0 Å². The summed E-state index contributed by atoms with van der Waals surface area (Å²) in [6, 6.07) is 12.8. The van der Waals surface area contributed by atoms with Crippen LogP contribution in [-0.2, 0) is 6.54 Å². The number of nitro benzene ring substituents is 1. The largest absolute Gasteiger partial charge is 0.313 e. The molecular formula is C15H15BrN2O2S. The number of nitro groups is 1. The van der Waals surface area contributed by atoms with Crippen molar-refractivity contribution in [2.24, 2.45) is 0 Å². The Morgan fingerprint density at radius 2 is 1.95 bits per heavy atom. The topological polar surface area (TPSA) is 55.2 Å². The molecule has 2 aromatic carbocycles. The van der Waals surface area contributed by atoms with Crippen LogP contribution in [0, 0.1) is 10.1 Å². The van der Waals surface area contributed by atoms with Crippen LogP contribution in [0.3, 0.4) is 0 Å². The Labute approximate surface area is 136 Å². The van der Waals surface area contributed by atoms with Crippen molar-refractivity contribution in [3.63, 3.8) is 0 Å². The third-order valence-electron chi connectivity index (χ3n) is 2.85. The van der Waals surface area contributed by atoms with Crippen molar-refractivity contribution in [2.45, 2.75) is 23.3 Å². The fourth-order valence-electron chi connectivity index (χ4n) is 1.77. The van der Waals surface area contributed by atoms with E-state index in [9.17, 15) is 10.1 Å². The van der Waals surface area contributed by atoms with Gasteiger partial charge in [0.05, 0.1) is 4.92 Å². The van der Waals surface area contributed by atoms with Gasteiger partial charge in [0.25, 0.3) is 5.69 Å². The van der Waals surface area contributed by atoms with Crippen LogP contribution in [0.5, 0.6) is 0 Å². The first-order valence-electron chi connectivity index (χ1n) is 6.51. The zero-order chi connectivity index (χ0) is 15.2. The second-order valence-corrected chi connectivity index (χ2v) is 6.37. The highest BCUT2D eigenvalue weighted by molar-refractivity contribution is 9.10. The molecule has 4 nitrogen and oxygen atoms in total. The molecule has 21 heavy (non-hydrogen) atoms. The molecule has 0 aliphatic carbocycles. The van der Waals surface area contributed by atoms with Gasteiger partial charge in [-0.15, -0.1) is 0 Å². The van der Waals surface area contributed by atoms with Crippen LogP contribution in [0.1, 0.15) is 12.5 Å². The van der Waals surface area contributed by atoms with Gasteiger partial charge in [-0.25, -0.2) is 0 Å². The average molecular weight is 367 g/mol. The number of hydrogen-bond donors (Lipinski definition) is 1. The van der Waals surface area contributed by atoms with E-state index in [0.29, 0.717) is 0 Å². The van der Waals surface area contributed by atoms with E-state index in [1.54, 1.807) is 23.9 Å². The van der Waals surface area contributed by atoms with Crippen molar-refractivity contribution in [2.75, 3.05) is 6.54 Å². The van der Waals surface area contributed by atoms with Crippen LogP contribution >= 0.6 is 27.7 Å². The lowest BCUT2D eigenvalue weighted by atomic mass is 10.2. The Hall–Kier alpha value is -1.37. The SMILES string of the molecule is CCNCc1ccc(Sc2ccc([N+](=O)[O-])cc2)c(Br)c1. The molecule has 0 saturated heterocycles. The number of non-ortho nitro benzene ring substituents is 1. The van der Waals surface area contributed by atoms with Crippen LogP contribution < -0.4 is 5.32 Å². The number of hydrogen-bond acceptors (Lipinski definition) is 4. The third-order valence-corrected chi connectivity index (χ3v) is 4.85. The first kappa shape index (κ1) is 16.0. The van der Waals surface area contributed by atoms with Crippen LogP contribution in [-0.4, -0.2) is 11.5 Å². The summed E-state index contributed by atoms with van der Waals surface area (Å²) < 4.78 is 1.03. The quantitative estimate of drug-likeness (QED) is 0.598. The summed E-state index contributed by atoms with van der Waals surface area (Å²) in [5.41, 5.74) is 1.33. The Bertz CT molecular complexity index is 632. The van der Waals surface area contributed by atoms with Crippen molar-refractivity contribution in [3.05, 3.63) is 62.6 Å². The van der Waals surface area contributed by atoms with Gasteiger partial charge in [-0.1, -0.05) is 24.8 Å². The summed E-state index contributed by atoms with van der Waals surface area (Å²) in [7, 11) is 0. The molecule has 2 aromatic rings. The molecule has 110 valence electrons. The Morgan fingerprint density at radius 3 is 2.52 bits per heavy atom. The Morgan fingerprint density at radius 1 is 1.24 bits per heavy atom. The predicted octanol–water partition coefficient (Wildman–Crippen LogP) is 4.62. The van der Waals surface area contributed by atoms with Gasteiger partial charge in [0.15, 0.2) is 0 Å². The molecule has 0 saturated carbocycles. The summed E-state index contributed by atoms with van der Waals surface area (Å²) in [5, 5.41) is 13.9. The van der Waals surface area contributed by atoms with Crippen molar-refractivity contribution in [1.29, 1.82) is 0 Å². The second kappa shape index (κ2) is 7.59. The standard InChI is InChI=1S/C15H15BrN2O2S/c1-2-17-10-11-3-8-15(14(16)9-11)21-13-6-4-12(5-7-13)18(19)20/h3-9,17H,2,10H2,1H3. The maximum absolute atomic E-state index is 10.6. The first-order chi connectivity index (χ1) is 10.1. The van der Waals surface area contributed by atoms with Crippen molar-refractivity contribution in [3.8, 4) is 0 Å². The van der Waals surface area contributed by atoms with Gasteiger partial charge in [0.2, 0.25) is 0 Å². The molecule has 0 amide bonds. The van der Waals surface area contributed by atoms with E-state index >= 15 is 0 Å². The molecule has 2 rings (SSSR count). The first-order valence-corrected chi connectivity index (χ1v) is 8.12. The summed E-state index contributed by atoms with van der Waals surface area (Å²) in [5.74, 6) is 0. The highest BCUT2D eigenvalue weighted by Gasteiger charge is 2.07. The molecule has 0 radical (unpaired) electrons. The molecule has 0 heterocycles. The molecule has 0 aromatic heterocycles. The summed E-state index contributed by atoms with van der Waals surface area (Å²) in [6.07, 6.45) is 0. The average Bonchev–Trinajstić information content (AvgIpc) is 2.48. The monoisotopic (exact) mass is 366 g/mol. The maximum atomic E-state index is 10.6. The van der Waals surface area contributed by atoms with E-state index in [2.05, 4.69) is 46.4 Å². The van der Waals surface area contributed by atoms with Crippen LogP contribution in [0.4, 0.5) is 5.69 Å². The lowest BCUT2D eigenvalue weighted by Gasteiger charge is -2.07. The molecule has 0 fully saturated rings. The number of nitrogens with zero attached hydrogens (tertiary/aromatic N) is 1. The van der Waals surface area contributed by atoms with Gasteiger partial charge in [-0.3, -0.25) is 10.1 Å². The Kier molecular flexibility index (Phi) is 5.78. The highest BCUT2D eigenvalue weighted by Crippen LogP contribution is 2.34. The molecular weight excluding hydrogens is 352 g/mol. The zero-order valence-corrected chi connectivity index (χ0v) is 13.9. The molecule has 6 heteroatoms. The molecule has 1 N–H and O–H groups in total. The van der Waals surface area contributed by atoms with Crippen molar-refractivity contribution < 1.29 is 4.92 Å². The van der Waals surface area contributed by atoms with E-state index in [-0.39, 0.29) is 10.6 Å². The van der Waals surface area contributed by atoms with E-state index in [1.807, 2.05) is 0 Å². The molecule has 0 bridgehead atoms. The van der Waals surface area contributed by atoms with E-state index in [0.717, 1.165) is 27.4 Å². The minimum Gasteiger partial charge on any atom is -0.313 e. The van der Waals surface area contributed by atoms with E-state index in [4.69, 9.17) is 0 Å². The summed E-state index contributed by atoms with van der Waals surface area (Å²) in [6.45, 7) is 3.86. The van der Waals surface area contributed by atoms with Crippen LogP contribution in [0.25, 0.3) is 0 Å². The van der Waals surface area contributed by atoms with Crippen molar-refractivity contribution in [1.82, 2.24) is 5.32 Å². The number of rotatable bonds is 6. The van der Waals surface area contributed by atoms with Gasteiger partial charge in [-0.2, -0.15) is 0 Å². The van der Waals surface area contributed by atoms with Gasteiger partial charge in [-0.05, 0) is 52.3 Å². The minimum absolute atomic E-state index is 0.111. The van der Waals surface area contributed by atoms with Crippen LogP contribution in [0.2, 0.25) is 0 Å². The normalized spacial score (nSPS) is 10.6. The molecule has 0 aliphatic rings.